The highest BCUT2D eigenvalue weighted by atomic mass is 16.1. The first kappa shape index (κ1) is 19.0. The molecule has 4 heteroatoms. The maximum Gasteiger partial charge on any atom is 0.251 e. The van der Waals surface area contributed by atoms with Gasteiger partial charge < -0.3 is 15.2 Å². The quantitative estimate of drug-likeness (QED) is 0.760. The average Bonchev–Trinajstić information content (AvgIpc) is 2.87. The van der Waals surface area contributed by atoms with Crippen molar-refractivity contribution in [3.05, 3.63) is 35.0 Å². The Kier molecular flexibility index (Phi) is 6.02. The van der Waals surface area contributed by atoms with E-state index in [0.717, 1.165) is 54.2 Å². The number of rotatable bonds is 6. The summed E-state index contributed by atoms with van der Waals surface area (Å²) in [6.45, 7) is 13.2. The maximum absolute atomic E-state index is 12.4. The number of nitrogens with one attached hydrogen (secondary N) is 2. The van der Waals surface area contributed by atoms with Gasteiger partial charge in [0.05, 0.1) is 0 Å². The molecule has 2 heterocycles. The van der Waals surface area contributed by atoms with E-state index in [0.29, 0.717) is 0 Å². The van der Waals surface area contributed by atoms with Crippen LogP contribution in [0.4, 0.5) is 0 Å². The lowest BCUT2D eigenvalue weighted by molar-refractivity contribution is 0.0951. The molecule has 2 aromatic rings. The van der Waals surface area contributed by atoms with Crippen molar-refractivity contribution in [2.45, 2.75) is 47.0 Å². The van der Waals surface area contributed by atoms with E-state index in [1.165, 1.54) is 30.8 Å². The predicted octanol–water partition coefficient (Wildman–Crippen LogP) is 4.27. The summed E-state index contributed by atoms with van der Waals surface area (Å²) in [5, 5.41) is 4.22. The van der Waals surface area contributed by atoms with Crippen LogP contribution in [0.1, 0.15) is 54.7 Å². The summed E-state index contributed by atoms with van der Waals surface area (Å²) in [5.74, 6) is 1.66. The third-order valence-electron chi connectivity index (χ3n) is 5.70. The van der Waals surface area contributed by atoms with Crippen molar-refractivity contribution in [1.29, 1.82) is 0 Å². The first-order chi connectivity index (χ1) is 12.4. The Morgan fingerprint density at radius 1 is 1.19 bits per heavy atom. The number of benzene rings is 1. The molecular weight excluding hydrogens is 322 g/mol. The van der Waals surface area contributed by atoms with Crippen LogP contribution in [0.25, 0.3) is 10.9 Å². The Bertz CT molecular complexity index is 754. The molecule has 1 aliphatic heterocycles. The molecule has 2 N–H and O–H groups in total. The Morgan fingerprint density at radius 3 is 2.65 bits per heavy atom. The summed E-state index contributed by atoms with van der Waals surface area (Å²) < 4.78 is 0. The fourth-order valence-corrected chi connectivity index (χ4v) is 4.34. The minimum Gasteiger partial charge on any atom is -0.358 e. The van der Waals surface area contributed by atoms with Crippen LogP contribution in [0.5, 0.6) is 0 Å². The van der Waals surface area contributed by atoms with Gasteiger partial charge in [-0.2, -0.15) is 0 Å². The largest absolute Gasteiger partial charge is 0.358 e. The van der Waals surface area contributed by atoms with Crippen molar-refractivity contribution < 1.29 is 4.79 Å². The van der Waals surface area contributed by atoms with Crippen LogP contribution in [-0.4, -0.2) is 42.0 Å². The van der Waals surface area contributed by atoms with E-state index in [1.54, 1.807) is 0 Å². The van der Waals surface area contributed by atoms with E-state index in [4.69, 9.17) is 0 Å². The second-order valence-corrected chi connectivity index (χ2v) is 8.30. The van der Waals surface area contributed by atoms with Gasteiger partial charge in [-0.1, -0.05) is 13.8 Å². The number of hydrogen-bond donors (Lipinski definition) is 2. The van der Waals surface area contributed by atoms with Gasteiger partial charge in [0.15, 0.2) is 0 Å². The minimum atomic E-state index is 0.0328. The van der Waals surface area contributed by atoms with Gasteiger partial charge in [-0.05, 0) is 75.3 Å². The monoisotopic (exact) mass is 355 g/mol. The smallest absolute Gasteiger partial charge is 0.251 e. The van der Waals surface area contributed by atoms with Crippen LogP contribution in [0.3, 0.4) is 0 Å². The zero-order chi connectivity index (χ0) is 18.7. The average molecular weight is 356 g/mol. The molecule has 1 saturated heterocycles. The van der Waals surface area contributed by atoms with Gasteiger partial charge in [0.25, 0.3) is 5.91 Å². The van der Waals surface area contributed by atoms with Gasteiger partial charge in [-0.25, -0.2) is 0 Å². The SMILES string of the molecule is Cc1[nH]c2ccc(C(=O)NCCCCN3C[C@H](C)C[C@@H](C)C3)cc2c1C. The van der Waals surface area contributed by atoms with E-state index < -0.39 is 0 Å². The van der Waals surface area contributed by atoms with E-state index in [2.05, 4.69) is 42.9 Å². The maximum atomic E-state index is 12.4. The third-order valence-corrected chi connectivity index (χ3v) is 5.70. The highest BCUT2D eigenvalue weighted by molar-refractivity contribution is 5.99. The lowest BCUT2D eigenvalue weighted by Gasteiger charge is -2.34. The van der Waals surface area contributed by atoms with Crippen LogP contribution < -0.4 is 5.32 Å². The highest BCUT2D eigenvalue weighted by Crippen LogP contribution is 2.23. The molecule has 0 bridgehead atoms. The lowest BCUT2D eigenvalue weighted by atomic mass is 9.92. The molecule has 3 rings (SSSR count). The van der Waals surface area contributed by atoms with Gasteiger partial charge in [-0.15, -0.1) is 0 Å². The first-order valence-electron chi connectivity index (χ1n) is 10.0. The number of amides is 1. The molecule has 1 aromatic heterocycles. The number of aryl methyl sites for hydroxylation is 2. The molecule has 1 aromatic carbocycles. The number of carbonyl (C=O) groups excluding carboxylic acids is 1. The number of likely N-dealkylation sites (tertiary alicyclic amines) is 1. The summed E-state index contributed by atoms with van der Waals surface area (Å²) in [6.07, 6.45) is 3.54. The molecule has 2 atom stereocenters. The number of fused-ring (bicyclic) bond motifs is 1. The van der Waals surface area contributed by atoms with Crippen LogP contribution in [-0.2, 0) is 0 Å². The molecule has 142 valence electrons. The standard InChI is InChI=1S/C22H33N3O/c1-15-11-16(2)14-25(13-15)10-6-5-9-23-22(26)19-7-8-21-20(12-19)17(3)18(4)24-21/h7-8,12,15-16,24H,5-6,9-11,13-14H2,1-4H3,(H,23,26)/t15-,16-/m1/s1. The van der Waals surface area contributed by atoms with Crippen molar-refractivity contribution in [3.8, 4) is 0 Å². The lowest BCUT2D eigenvalue weighted by Crippen LogP contribution is -2.39. The van der Waals surface area contributed by atoms with Crippen molar-refractivity contribution in [2.75, 3.05) is 26.2 Å². The van der Waals surface area contributed by atoms with Crippen LogP contribution >= 0.6 is 0 Å². The van der Waals surface area contributed by atoms with Crippen molar-refractivity contribution >= 4 is 16.8 Å². The molecule has 26 heavy (non-hydrogen) atoms. The Labute approximate surface area is 157 Å². The Hall–Kier alpha value is -1.81. The van der Waals surface area contributed by atoms with Crippen LogP contribution in [0, 0.1) is 25.7 Å². The van der Waals surface area contributed by atoms with Crippen molar-refractivity contribution in [3.63, 3.8) is 0 Å². The number of nitrogens with zero attached hydrogens (tertiary/aromatic N) is 1. The second kappa shape index (κ2) is 8.26. The number of piperidine rings is 1. The van der Waals surface area contributed by atoms with Crippen LogP contribution in [0.15, 0.2) is 18.2 Å². The molecule has 4 nitrogen and oxygen atoms in total. The molecule has 0 aliphatic carbocycles. The number of aromatic nitrogens is 1. The molecule has 0 saturated carbocycles. The number of hydrogen-bond acceptors (Lipinski definition) is 2. The normalized spacial score (nSPS) is 21.2. The summed E-state index contributed by atoms with van der Waals surface area (Å²) in [4.78, 5) is 18.4. The minimum absolute atomic E-state index is 0.0328. The van der Waals surface area contributed by atoms with E-state index in [-0.39, 0.29) is 5.91 Å². The second-order valence-electron chi connectivity index (χ2n) is 8.30. The number of carbonyl (C=O) groups is 1. The van der Waals surface area contributed by atoms with E-state index in [1.807, 2.05) is 18.2 Å². The Balaban J connectivity index is 1.43. The zero-order valence-corrected chi connectivity index (χ0v) is 16.7. The fraction of sp³-hybridized carbons (Fsp3) is 0.591. The number of H-pyrrole nitrogens is 1. The predicted molar refractivity (Wildman–Crippen MR) is 109 cm³/mol. The molecule has 1 fully saturated rings. The third kappa shape index (κ3) is 4.47. The van der Waals surface area contributed by atoms with Crippen LogP contribution in [0.2, 0.25) is 0 Å². The zero-order valence-electron chi connectivity index (χ0n) is 16.7. The summed E-state index contributed by atoms with van der Waals surface area (Å²) in [5.41, 5.74) is 4.23. The van der Waals surface area contributed by atoms with E-state index in [9.17, 15) is 4.79 Å². The number of aromatic amines is 1. The molecule has 0 unspecified atom stereocenters. The highest BCUT2D eigenvalue weighted by Gasteiger charge is 2.21. The van der Waals surface area contributed by atoms with E-state index >= 15 is 0 Å². The van der Waals surface area contributed by atoms with Gasteiger partial charge in [0.2, 0.25) is 0 Å². The topological polar surface area (TPSA) is 48.1 Å². The summed E-state index contributed by atoms with van der Waals surface area (Å²) in [7, 11) is 0. The molecular formula is C22H33N3O. The van der Waals surface area contributed by atoms with Gasteiger partial charge in [0.1, 0.15) is 0 Å². The first-order valence-corrected chi connectivity index (χ1v) is 10.0. The van der Waals surface area contributed by atoms with Gasteiger partial charge in [-0.3, -0.25) is 4.79 Å². The molecule has 1 amide bonds. The van der Waals surface area contributed by atoms with Gasteiger partial charge >= 0.3 is 0 Å². The van der Waals surface area contributed by atoms with Crippen molar-refractivity contribution in [1.82, 2.24) is 15.2 Å². The number of unbranched alkanes of at least 4 members (excludes halogenated alkanes) is 1. The van der Waals surface area contributed by atoms with Crippen molar-refractivity contribution in [2.24, 2.45) is 11.8 Å². The summed E-state index contributed by atoms with van der Waals surface area (Å²) in [6, 6.07) is 5.91. The molecule has 1 aliphatic rings. The summed E-state index contributed by atoms with van der Waals surface area (Å²) >= 11 is 0. The molecule has 0 spiro atoms. The molecule has 0 radical (unpaired) electrons. The fourth-order valence-electron chi connectivity index (χ4n) is 4.34. The van der Waals surface area contributed by atoms with Gasteiger partial charge in [0, 0.05) is 41.8 Å². The Morgan fingerprint density at radius 2 is 1.92 bits per heavy atom.